The summed E-state index contributed by atoms with van der Waals surface area (Å²) in [5, 5.41) is 55.0. The molecule has 128 heavy (non-hydrogen) atoms. The lowest BCUT2D eigenvalue weighted by atomic mass is 9.96. The maximum Gasteiger partial charge on any atom is 0.475 e. The Morgan fingerprint density at radius 1 is 0.383 bits per heavy atom. The second-order valence-electron chi connectivity index (χ2n) is 32.7. The lowest BCUT2D eigenvalue weighted by Gasteiger charge is -2.36. The van der Waals surface area contributed by atoms with Gasteiger partial charge in [0.2, 0.25) is 0 Å². The van der Waals surface area contributed by atoms with Crippen LogP contribution in [-0.4, -0.2) is 221 Å². The second kappa shape index (κ2) is 39.7. The summed E-state index contributed by atoms with van der Waals surface area (Å²) in [6.45, 7) is 9.50. The standard InChI is InChI=1S/C17H19N2O7PS.C16H23N2O7PS.C15H21N2O7PS.C14H21N2O7PS.C11H15N2O7PS/c1-17(21)14-12(25-15(17)19-8-7-13(20)18-16(19)28)10-24-27(22,26-14)23-9-11-5-3-2-4-6-11;1-16(20)13-11(23-14(16)18-8-7-12(19)17-15(18)27)9-22-26(21,25-13)24-10-5-3-2-4-6-10;1-15(19)12-10(22-13(15)17-7-6-11(18)16-14(17)26)8-21-25(20,24-12)23-9-4-2-3-5-9;1-3-4-7-20-24(19)21-8-9-11(23-24)14(2,18)12(22-9)16-6-5-10(17)15-13(16)25;1-11(15)8-6(5-18-21(16,17-2)20-8)19-9(11)13-4-3-7(14)12-10(13)22/h2-8,12,14-15,21H,9-10H2,1H3,(H,18,20,28);7-8,10-11,13-14,20H,2-6,9H2,1H3,(H,17,19,27);6-7,9-10,12-13,19H,2-5,8H2,1H3,(H,16,18,26);5-6,9,11-12,18H,3-4,7-8H2,1-2H3,(H,15,17,25);3-4,6,8-9,15H,5H2,1-2H3,(H,12,14,22)/t12-,14+,15-,17?,27?;11-,13+,14-,16?,26?;10-,12+,13-,15?,25?;9-,11+,12-,14?,24?;6-,8+,9-,11?,21?/m11111/s1. The molecule has 10 saturated heterocycles. The molecule has 0 radical (unpaired) electrons. The van der Waals surface area contributed by atoms with Gasteiger partial charge in [-0.15, -0.1) is 0 Å². The Balaban J connectivity index is 0.000000130. The molecule has 2 saturated carbocycles. The van der Waals surface area contributed by atoms with Crippen LogP contribution in [0.5, 0.6) is 0 Å². The fourth-order valence-corrected chi connectivity index (χ4v) is 25.2. The summed E-state index contributed by atoms with van der Waals surface area (Å²) in [6, 6.07) is 15.5. The highest BCUT2D eigenvalue weighted by Crippen LogP contribution is 2.65. The number of unbranched alkanes of at least 4 members (excludes halogenated alkanes) is 1. The second-order valence-corrected chi connectivity index (χ2v) is 42.8. The van der Waals surface area contributed by atoms with Gasteiger partial charge in [0, 0.05) is 68.4 Å². The number of aromatic amines is 5. The molecule has 25 atom stereocenters. The summed E-state index contributed by atoms with van der Waals surface area (Å²) in [4.78, 5) is 69.1. The van der Waals surface area contributed by atoms with E-state index in [1.54, 1.807) is 0 Å². The van der Waals surface area contributed by atoms with E-state index in [1.807, 2.05) is 37.3 Å². The van der Waals surface area contributed by atoms with E-state index in [0.29, 0.717) is 6.42 Å². The highest BCUT2D eigenvalue weighted by atomic mass is 32.1. The van der Waals surface area contributed by atoms with Crippen LogP contribution < -0.4 is 27.8 Å². The molecule has 12 aliphatic rings. The van der Waals surface area contributed by atoms with Gasteiger partial charge in [-0.2, -0.15) is 0 Å². The number of phosphoric ester groups is 5. The normalized spacial score (nSPS) is 38.8. The third-order valence-electron chi connectivity index (χ3n) is 22.9. The van der Waals surface area contributed by atoms with E-state index in [2.05, 4.69) is 24.9 Å². The zero-order chi connectivity index (χ0) is 92.1. The van der Waals surface area contributed by atoms with E-state index < -0.39 is 159 Å². The summed E-state index contributed by atoms with van der Waals surface area (Å²) in [5.74, 6) is 0. The van der Waals surface area contributed by atoms with Crippen LogP contribution >= 0.6 is 100 Å². The molecular weight excluding hydrogens is 1890 g/mol. The van der Waals surface area contributed by atoms with Gasteiger partial charge >= 0.3 is 39.1 Å². The molecule has 10 unspecified atom stereocenters. The van der Waals surface area contributed by atoms with Crippen molar-refractivity contribution in [3.05, 3.63) is 173 Å². The van der Waals surface area contributed by atoms with Crippen molar-refractivity contribution in [2.75, 3.05) is 46.8 Å². The molecule has 5 aromatic heterocycles. The van der Waals surface area contributed by atoms with E-state index >= 15 is 0 Å². The van der Waals surface area contributed by atoms with E-state index in [-0.39, 0.29) is 110 Å². The van der Waals surface area contributed by atoms with Gasteiger partial charge in [0.25, 0.3) is 27.8 Å². The molecule has 10 N–H and O–H groups in total. The number of aliphatic hydroxyl groups is 5. The summed E-state index contributed by atoms with van der Waals surface area (Å²) in [7, 11) is -17.8. The van der Waals surface area contributed by atoms with E-state index in [0.717, 1.165) is 69.8 Å². The summed E-state index contributed by atoms with van der Waals surface area (Å²) < 4.78 is 181. The quantitative estimate of drug-likeness (QED) is 0.0231. The van der Waals surface area contributed by atoms with Crippen molar-refractivity contribution in [1.82, 2.24) is 47.8 Å². The first kappa shape index (κ1) is 98.9. The molecule has 0 spiro atoms. The summed E-state index contributed by atoms with van der Waals surface area (Å²) in [5.41, 5.74) is -8.81. The predicted octanol–water partition coefficient (Wildman–Crippen LogP) is 9.38. The molecule has 10 aliphatic heterocycles. The SMILES string of the molecule is CC1(O)[C@H]2OP(=O)(OC3CCCC3)OC[C@H]2O[C@H]1n1ccc(=O)[nH]c1=S.CC1(O)[C@H]2OP(=O)(OC3CCCCC3)OC[C@H]2O[C@H]1n1ccc(=O)[nH]c1=S.CC1(O)[C@H]2OP(=O)(OCc3ccccc3)OC[C@H]2O[C@H]1n1ccc(=O)[nH]c1=S.CCCCOP1(=O)OC[C@H]2O[C@@H](n3ccc(=O)[nH]c3=S)C(C)(O)[C@H]2O1.COP1(=O)OC[C@H]2O[C@@H](n3ccc(=O)[nH]c3=S)C(C)(O)[C@H]2O1. The zero-order valence-electron chi connectivity index (χ0n) is 69.7. The fraction of sp³-hybridized carbons (Fsp3) is 0.644. The van der Waals surface area contributed by atoms with Gasteiger partial charge in [0.05, 0.1) is 58.5 Å². The van der Waals surface area contributed by atoms with Crippen molar-refractivity contribution in [3.63, 3.8) is 0 Å². The number of ether oxygens (including phenoxy) is 5. The van der Waals surface area contributed by atoms with Gasteiger partial charge in [0.1, 0.15) is 89.0 Å². The van der Waals surface area contributed by atoms with Crippen molar-refractivity contribution in [2.45, 2.75) is 251 Å². The Kier molecular flexibility index (Phi) is 30.6. The molecule has 0 amide bonds. The van der Waals surface area contributed by atoms with Crippen LogP contribution in [0.3, 0.4) is 0 Å². The van der Waals surface area contributed by atoms with Crippen molar-refractivity contribution in [1.29, 1.82) is 0 Å². The van der Waals surface area contributed by atoms with Crippen molar-refractivity contribution in [2.24, 2.45) is 0 Å². The number of H-pyrrole nitrogens is 5. The predicted molar refractivity (Wildman–Crippen MR) is 455 cm³/mol. The number of fused-ring (bicyclic) bond motifs is 5. The minimum atomic E-state index is -3.90. The molecule has 15 heterocycles. The van der Waals surface area contributed by atoms with Gasteiger partial charge in [-0.25, -0.2) is 22.8 Å². The topological polar surface area (TPSA) is 560 Å². The monoisotopic (exact) mass is 1990 g/mol. The van der Waals surface area contributed by atoms with Crippen LogP contribution in [0.25, 0.3) is 0 Å². The Labute approximate surface area is 754 Å². The maximum atomic E-state index is 13.0. The molecule has 0 bridgehead atoms. The molecule has 18 rings (SSSR count). The van der Waals surface area contributed by atoms with Crippen molar-refractivity contribution < 1.29 is 140 Å². The maximum absolute atomic E-state index is 13.0. The Morgan fingerprint density at radius 3 is 0.922 bits per heavy atom. The largest absolute Gasteiger partial charge is 0.475 e. The third-order valence-corrected chi connectivity index (χ3v) is 31.7. The summed E-state index contributed by atoms with van der Waals surface area (Å²) >= 11 is 25.7. The van der Waals surface area contributed by atoms with Crippen molar-refractivity contribution >= 4 is 100 Å². The number of benzene rings is 1. The molecule has 12 fully saturated rings. The number of nitrogens with one attached hydrogen (secondary N) is 5. The van der Waals surface area contributed by atoms with E-state index in [1.165, 1.54) is 126 Å². The number of nitrogens with zero attached hydrogens (tertiary/aromatic N) is 5. The zero-order valence-corrected chi connectivity index (χ0v) is 78.3. The highest BCUT2D eigenvalue weighted by Gasteiger charge is 2.66. The minimum Gasteiger partial charge on any atom is -0.383 e. The molecule has 55 heteroatoms. The molecule has 2 aliphatic carbocycles. The lowest BCUT2D eigenvalue weighted by molar-refractivity contribution is -0.0947. The van der Waals surface area contributed by atoms with Crippen LogP contribution in [0.1, 0.15) is 149 Å². The number of rotatable bonds is 17. The van der Waals surface area contributed by atoms with Gasteiger partial charge in [0.15, 0.2) is 55.0 Å². The first-order valence-corrected chi connectivity index (χ1v) is 50.1. The van der Waals surface area contributed by atoms with Crippen LogP contribution in [0.15, 0.2) is 116 Å². The van der Waals surface area contributed by atoms with E-state index in [9.17, 15) is 72.3 Å². The number of phosphoric acid groups is 5. The molecule has 706 valence electrons. The van der Waals surface area contributed by atoms with Gasteiger partial charge in [-0.1, -0.05) is 75.8 Å². The van der Waals surface area contributed by atoms with Crippen LogP contribution in [0, 0.1) is 23.9 Å². The lowest BCUT2D eigenvalue weighted by Crippen LogP contribution is -2.48. The third kappa shape index (κ3) is 21.7. The molecule has 1 aromatic carbocycles. The van der Waals surface area contributed by atoms with Gasteiger partial charge < -0.3 is 49.2 Å². The van der Waals surface area contributed by atoms with Gasteiger partial charge in [-0.3, -0.25) is 140 Å². The smallest absolute Gasteiger partial charge is 0.383 e. The fourth-order valence-electron chi connectivity index (χ4n) is 16.4. The number of hydrogen-bond donors (Lipinski definition) is 10. The molecular formula is C73H99N10O35P5S5. The average molecular weight is 1990 g/mol. The van der Waals surface area contributed by atoms with Gasteiger partial charge in [-0.05, 0) is 133 Å². The molecule has 6 aromatic rings. The number of hydrogen-bond acceptors (Lipinski definition) is 40. The van der Waals surface area contributed by atoms with Crippen molar-refractivity contribution in [3.8, 4) is 0 Å². The minimum absolute atomic E-state index is 0.0298. The van der Waals surface area contributed by atoms with Crippen LogP contribution in [0.2, 0.25) is 0 Å². The first-order chi connectivity index (χ1) is 60.4. The van der Waals surface area contributed by atoms with E-state index in [4.69, 9.17) is 153 Å². The highest BCUT2D eigenvalue weighted by molar-refractivity contribution is 7.72. The summed E-state index contributed by atoms with van der Waals surface area (Å²) in [6.07, 6.45) is 4.26. The Morgan fingerprint density at radius 2 is 0.641 bits per heavy atom. The Bertz CT molecular complexity index is 5900. The average Bonchev–Trinajstić information content (AvgIpc) is 1.60. The molecule has 45 nitrogen and oxygen atoms in total. The van der Waals surface area contributed by atoms with Crippen LogP contribution in [-0.2, 0) is 121 Å². The Hall–Kier alpha value is -5.13. The first-order valence-electron chi connectivity index (χ1n) is 40.8. The van der Waals surface area contributed by atoms with Crippen LogP contribution in [0.4, 0.5) is 0 Å². The number of aromatic nitrogens is 10.